The third kappa shape index (κ3) is 7.04. The molecule has 0 aliphatic carbocycles. The Morgan fingerprint density at radius 2 is 1.54 bits per heavy atom. The molecule has 7 nitrogen and oxygen atoms in total. The number of aryl methyl sites for hydroxylation is 2. The molecule has 3 heterocycles. The van der Waals surface area contributed by atoms with E-state index in [1.54, 1.807) is 0 Å². The maximum Gasteiger partial charge on any atom is 0.223 e. The van der Waals surface area contributed by atoms with Crippen molar-refractivity contribution in [1.82, 2.24) is 29.8 Å². The van der Waals surface area contributed by atoms with Crippen molar-refractivity contribution < 1.29 is 4.79 Å². The topological polar surface area (TPSA) is 56.6 Å². The number of rotatable bonds is 5. The predicted molar refractivity (Wildman–Crippen MR) is 120 cm³/mol. The standard InChI is InChI=1S/C18H32N6O.3ClH/c1-15-17(16(2)21(3)20-15)14-23-12-10-22(11-13-23)7-4-18(25)24-8-5-19-6-9-24;;;/h19H,4-14H2,1-3H3;3*1H. The first-order valence-corrected chi connectivity index (χ1v) is 9.47. The third-order valence-corrected chi connectivity index (χ3v) is 5.62. The Morgan fingerprint density at radius 3 is 2.07 bits per heavy atom. The third-order valence-electron chi connectivity index (χ3n) is 5.62. The molecule has 0 radical (unpaired) electrons. The highest BCUT2D eigenvalue weighted by molar-refractivity contribution is 5.86. The van der Waals surface area contributed by atoms with Gasteiger partial charge in [0.25, 0.3) is 0 Å². The number of aromatic nitrogens is 2. The van der Waals surface area contributed by atoms with Crippen LogP contribution in [0.2, 0.25) is 0 Å². The van der Waals surface area contributed by atoms with E-state index in [1.807, 2.05) is 16.6 Å². The molecular weight excluding hydrogens is 423 g/mol. The Hall–Kier alpha value is -0.570. The zero-order valence-electron chi connectivity index (χ0n) is 17.1. The second-order valence-corrected chi connectivity index (χ2v) is 7.27. The number of hydrogen-bond acceptors (Lipinski definition) is 5. The summed E-state index contributed by atoms with van der Waals surface area (Å²) in [5.74, 6) is 0.311. The van der Waals surface area contributed by atoms with Gasteiger partial charge in [0.15, 0.2) is 0 Å². The SMILES string of the molecule is Cc1nn(C)c(C)c1CN1CCN(CCC(=O)N2CCNCC2)CC1.Cl.Cl.Cl. The van der Waals surface area contributed by atoms with Crippen LogP contribution in [0.15, 0.2) is 0 Å². The highest BCUT2D eigenvalue weighted by Gasteiger charge is 2.21. The summed E-state index contributed by atoms with van der Waals surface area (Å²) in [6, 6.07) is 0. The fourth-order valence-corrected chi connectivity index (χ4v) is 3.77. The minimum absolute atomic E-state index is 0. The maximum absolute atomic E-state index is 12.3. The van der Waals surface area contributed by atoms with E-state index in [-0.39, 0.29) is 37.2 Å². The molecule has 0 bridgehead atoms. The van der Waals surface area contributed by atoms with Crippen molar-refractivity contribution in [3.63, 3.8) is 0 Å². The second-order valence-electron chi connectivity index (χ2n) is 7.27. The predicted octanol–water partition coefficient (Wildman–Crippen LogP) is 1.24. The molecule has 10 heteroatoms. The van der Waals surface area contributed by atoms with Gasteiger partial charge in [0.1, 0.15) is 0 Å². The molecule has 28 heavy (non-hydrogen) atoms. The van der Waals surface area contributed by atoms with Gasteiger partial charge in [-0.15, -0.1) is 37.2 Å². The van der Waals surface area contributed by atoms with Gasteiger partial charge in [0.05, 0.1) is 5.69 Å². The summed E-state index contributed by atoms with van der Waals surface area (Å²) >= 11 is 0. The molecule has 1 amide bonds. The molecule has 0 spiro atoms. The summed E-state index contributed by atoms with van der Waals surface area (Å²) in [6.07, 6.45) is 0.654. The summed E-state index contributed by atoms with van der Waals surface area (Å²) in [5, 5.41) is 7.81. The lowest BCUT2D eigenvalue weighted by Gasteiger charge is -2.35. The average molecular weight is 458 g/mol. The highest BCUT2D eigenvalue weighted by Crippen LogP contribution is 2.16. The lowest BCUT2D eigenvalue weighted by molar-refractivity contribution is -0.132. The Balaban J connectivity index is 0.00000243. The number of nitrogens with zero attached hydrogens (tertiary/aromatic N) is 5. The quantitative estimate of drug-likeness (QED) is 0.721. The lowest BCUT2D eigenvalue weighted by atomic mass is 10.1. The van der Waals surface area contributed by atoms with Gasteiger partial charge < -0.3 is 15.1 Å². The molecule has 0 atom stereocenters. The fraction of sp³-hybridized carbons (Fsp3) is 0.778. The van der Waals surface area contributed by atoms with Gasteiger partial charge in [-0.05, 0) is 13.8 Å². The molecule has 164 valence electrons. The number of amides is 1. The summed E-state index contributed by atoms with van der Waals surface area (Å²) in [7, 11) is 2.01. The summed E-state index contributed by atoms with van der Waals surface area (Å²) in [5.41, 5.74) is 3.77. The van der Waals surface area contributed by atoms with Crippen LogP contribution in [0.1, 0.15) is 23.4 Å². The van der Waals surface area contributed by atoms with E-state index < -0.39 is 0 Å². The van der Waals surface area contributed by atoms with Crippen LogP contribution in [0, 0.1) is 13.8 Å². The Labute approximate surface area is 187 Å². The number of carbonyl (C=O) groups excluding carboxylic acids is 1. The van der Waals surface area contributed by atoms with Crippen LogP contribution in [-0.4, -0.2) is 89.3 Å². The molecule has 0 aromatic carbocycles. The van der Waals surface area contributed by atoms with Gasteiger partial charge in [0, 0.05) is 90.2 Å². The van der Waals surface area contributed by atoms with E-state index in [4.69, 9.17) is 0 Å². The fourth-order valence-electron chi connectivity index (χ4n) is 3.77. The lowest BCUT2D eigenvalue weighted by Crippen LogP contribution is -2.49. The van der Waals surface area contributed by atoms with Crippen molar-refractivity contribution in [3.05, 3.63) is 17.0 Å². The van der Waals surface area contributed by atoms with Crippen molar-refractivity contribution in [2.75, 3.05) is 58.9 Å². The van der Waals surface area contributed by atoms with Crippen molar-refractivity contribution >= 4 is 43.1 Å². The molecule has 2 saturated heterocycles. The largest absolute Gasteiger partial charge is 0.340 e. The molecule has 1 aromatic heterocycles. The molecule has 2 fully saturated rings. The minimum atomic E-state index is 0. The highest BCUT2D eigenvalue weighted by atomic mass is 35.5. The molecule has 0 unspecified atom stereocenters. The zero-order chi connectivity index (χ0) is 17.8. The monoisotopic (exact) mass is 456 g/mol. The number of piperazine rings is 2. The van der Waals surface area contributed by atoms with Crippen molar-refractivity contribution in [2.45, 2.75) is 26.8 Å². The van der Waals surface area contributed by atoms with Crippen molar-refractivity contribution in [3.8, 4) is 0 Å². The van der Waals surface area contributed by atoms with Crippen LogP contribution in [0.4, 0.5) is 0 Å². The molecule has 2 aliphatic rings. The van der Waals surface area contributed by atoms with Crippen molar-refractivity contribution in [2.24, 2.45) is 7.05 Å². The zero-order valence-corrected chi connectivity index (χ0v) is 19.6. The summed E-state index contributed by atoms with van der Waals surface area (Å²) < 4.78 is 1.97. The Morgan fingerprint density at radius 1 is 0.964 bits per heavy atom. The molecule has 3 rings (SSSR count). The van der Waals surface area contributed by atoms with Crippen LogP contribution in [-0.2, 0) is 18.4 Å². The minimum Gasteiger partial charge on any atom is -0.340 e. The van der Waals surface area contributed by atoms with E-state index in [9.17, 15) is 4.79 Å². The average Bonchev–Trinajstić information content (AvgIpc) is 2.87. The molecule has 2 aliphatic heterocycles. The number of nitrogens with one attached hydrogen (secondary N) is 1. The second kappa shape index (κ2) is 12.9. The summed E-state index contributed by atoms with van der Waals surface area (Å²) in [4.78, 5) is 19.2. The van der Waals surface area contributed by atoms with E-state index in [2.05, 4.69) is 34.1 Å². The smallest absolute Gasteiger partial charge is 0.223 e. The molecule has 1 N–H and O–H groups in total. The molecular formula is C18H35Cl3N6O. The van der Waals surface area contributed by atoms with E-state index in [1.165, 1.54) is 11.3 Å². The van der Waals surface area contributed by atoms with E-state index in [0.717, 1.165) is 71.1 Å². The van der Waals surface area contributed by atoms with Crippen LogP contribution >= 0.6 is 37.2 Å². The maximum atomic E-state index is 12.3. The van der Waals surface area contributed by atoms with Gasteiger partial charge >= 0.3 is 0 Å². The van der Waals surface area contributed by atoms with Crippen LogP contribution < -0.4 is 5.32 Å². The first-order chi connectivity index (χ1) is 12.0. The molecule has 1 aromatic rings. The van der Waals surface area contributed by atoms with Gasteiger partial charge in [-0.3, -0.25) is 14.4 Å². The van der Waals surface area contributed by atoms with Crippen LogP contribution in [0.3, 0.4) is 0 Å². The van der Waals surface area contributed by atoms with Gasteiger partial charge in [-0.2, -0.15) is 5.10 Å². The number of hydrogen-bond donors (Lipinski definition) is 1. The number of halogens is 3. The van der Waals surface area contributed by atoms with Crippen LogP contribution in [0.25, 0.3) is 0 Å². The normalized spacial score (nSPS) is 18.0. The number of carbonyl (C=O) groups is 1. The van der Waals surface area contributed by atoms with Crippen LogP contribution in [0.5, 0.6) is 0 Å². The first kappa shape index (κ1) is 27.4. The van der Waals surface area contributed by atoms with E-state index in [0.29, 0.717) is 12.3 Å². The van der Waals surface area contributed by atoms with E-state index >= 15 is 0 Å². The van der Waals surface area contributed by atoms with Gasteiger partial charge in [-0.25, -0.2) is 0 Å². The Kier molecular flexibility index (Phi) is 12.6. The summed E-state index contributed by atoms with van der Waals surface area (Å²) in [6.45, 7) is 13.9. The first-order valence-electron chi connectivity index (χ1n) is 9.47. The Bertz CT molecular complexity index is 598. The van der Waals surface area contributed by atoms with Gasteiger partial charge in [0.2, 0.25) is 5.91 Å². The van der Waals surface area contributed by atoms with Crippen molar-refractivity contribution in [1.29, 1.82) is 0 Å². The molecule has 0 saturated carbocycles. The van der Waals surface area contributed by atoms with Gasteiger partial charge in [-0.1, -0.05) is 0 Å².